The molecular weight excluding hydrogens is 437 g/mol. The Bertz CT molecular complexity index is 1340. The van der Waals surface area contributed by atoms with Crippen LogP contribution < -0.4 is 4.90 Å². The molecule has 2 aliphatic heterocycles. The van der Waals surface area contributed by atoms with Crippen molar-refractivity contribution in [3.05, 3.63) is 100 Å². The summed E-state index contributed by atoms with van der Waals surface area (Å²) in [5, 5.41) is 9.25. The van der Waals surface area contributed by atoms with Crippen LogP contribution in [0.2, 0.25) is 0 Å². The second-order valence-electron chi connectivity index (χ2n) is 8.18. The third-order valence-corrected chi connectivity index (χ3v) is 7.48. The molecule has 164 valence electrons. The average molecular weight is 458 g/mol. The first-order valence-corrected chi connectivity index (χ1v) is 11.6. The Morgan fingerprint density at radius 3 is 2.76 bits per heavy atom. The first kappa shape index (κ1) is 21.2. The van der Waals surface area contributed by atoms with Gasteiger partial charge in [0.05, 0.1) is 23.9 Å². The number of amides is 2. The lowest BCUT2D eigenvalue weighted by atomic mass is 10.0. The van der Waals surface area contributed by atoms with Crippen molar-refractivity contribution in [3.63, 3.8) is 0 Å². The van der Waals surface area contributed by atoms with E-state index < -0.39 is 10.7 Å². The molecule has 5 rings (SSSR count). The van der Waals surface area contributed by atoms with Crippen LogP contribution in [0.25, 0.3) is 0 Å². The van der Waals surface area contributed by atoms with Crippen molar-refractivity contribution in [2.75, 3.05) is 17.2 Å². The lowest BCUT2D eigenvalue weighted by molar-refractivity contribution is -0.123. The third kappa shape index (κ3) is 3.38. The maximum absolute atomic E-state index is 14.0. The zero-order valence-corrected chi connectivity index (χ0v) is 18.7. The van der Waals surface area contributed by atoms with Crippen molar-refractivity contribution < 1.29 is 14.0 Å². The SMILES string of the molecule is Cc1ccc2c(c1)[C@@]1(SCCN1C(=O)c1cccc(F)c1)C(=O)N2Cc1cccc(C#N)c1. The van der Waals surface area contributed by atoms with E-state index in [1.165, 1.54) is 30.0 Å². The van der Waals surface area contributed by atoms with Crippen LogP contribution in [0.3, 0.4) is 0 Å². The van der Waals surface area contributed by atoms with Crippen molar-refractivity contribution >= 4 is 29.3 Å². The summed E-state index contributed by atoms with van der Waals surface area (Å²) in [6.45, 7) is 2.63. The molecule has 7 heteroatoms. The quantitative estimate of drug-likeness (QED) is 0.577. The highest BCUT2D eigenvalue weighted by molar-refractivity contribution is 8.01. The minimum absolute atomic E-state index is 0.197. The van der Waals surface area contributed by atoms with Crippen LogP contribution in [0, 0.1) is 24.1 Å². The summed E-state index contributed by atoms with van der Waals surface area (Å²) in [4.78, 5) is 29.6. The number of thioether (sulfide) groups is 1. The molecule has 3 aromatic rings. The number of carbonyl (C=O) groups is 2. The van der Waals surface area contributed by atoms with E-state index in [9.17, 15) is 19.2 Å². The highest BCUT2D eigenvalue weighted by Crippen LogP contribution is 2.55. The monoisotopic (exact) mass is 457 g/mol. The Hall–Kier alpha value is -3.63. The van der Waals surface area contributed by atoms with Gasteiger partial charge in [0.2, 0.25) is 0 Å². The summed E-state index contributed by atoms with van der Waals surface area (Å²) in [6, 6.07) is 20.7. The number of rotatable bonds is 3. The number of carbonyl (C=O) groups excluding carboxylic acids is 2. The third-order valence-electron chi connectivity index (χ3n) is 6.06. The molecule has 2 aliphatic rings. The fraction of sp³-hybridized carbons (Fsp3) is 0.192. The van der Waals surface area contributed by atoms with Gasteiger partial charge >= 0.3 is 0 Å². The highest BCUT2D eigenvalue weighted by atomic mass is 32.2. The van der Waals surface area contributed by atoms with Crippen LogP contribution in [0.4, 0.5) is 10.1 Å². The topological polar surface area (TPSA) is 64.4 Å². The second-order valence-corrected chi connectivity index (χ2v) is 9.47. The van der Waals surface area contributed by atoms with Crippen LogP contribution in [-0.2, 0) is 16.2 Å². The molecule has 0 N–H and O–H groups in total. The van der Waals surface area contributed by atoms with Gasteiger partial charge in [0.25, 0.3) is 11.8 Å². The first-order chi connectivity index (χ1) is 15.9. The lowest BCUT2D eigenvalue weighted by Crippen LogP contribution is -2.50. The minimum Gasteiger partial charge on any atom is -0.311 e. The van der Waals surface area contributed by atoms with Crippen LogP contribution in [0.15, 0.2) is 66.7 Å². The van der Waals surface area contributed by atoms with Gasteiger partial charge in [-0.15, -0.1) is 11.8 Å². The maximum Gasteiger partial charge on any atom is 0.268 e. The summed E-state index contributed by atoms with van der Waals surface area (Å²) >= 11 is 1.44. The maximum atomic E-state index is 14.0. The molecule has 1 spiro atoms. The van der Waals surface area contributed by atoms with Crippen molar-refractivity contribution in [1.82, 2.24) is 4.90 Å². The number of nitriles is 1. The number of aryl methyl sites for hydroxylation is 1. The van der Waals surface area contributed by atoms with Gasteiger partial charge < -0.3 is 9.80 Å². The van der Waals surface area contributed by atoms with Crippen molar-refractivity contribution in [3.8, 4) is 6.07 Å². The van der Waals surface area contributed by atoms with Gasteiger partial charge in [-0.2, -0.15) is 5.26 Å². The molecule has 1 saturated heterocycles. The molecule has 5 nitrogen and oxygen atoms in total. The van der Waals surface area contributed by atoms with E-state index in [1.807, 2.05) is 31.2 Å². The van der Waals surface area contributed by atoms with Gasteiger partial charge in [0.1, 0.15) is 5.82 Å². The van der Waals surface area contributed by atoms with E-state index in [1.54, 1.807) is 34.1 Å². The molecule has 0 saturated carbocycles. The predicted molar refractivity (Wildman–Crippen MR) is 125 cm³/mol. The van der Waals surface area contributed by atoms with Gasteiger partial charge in [-0.25, -0.2) is 4.39 Å². The molecule has 1 atom stereocenters. The van der Waals surface area contributed by atoms with E-state index in [-0.39, 0.29) is 23.9 Å². The number of benzene rings is 3. The van der Waals surface area contributed by atoms with Gasteiger partial charge in [0, 0.05) is 23.4 Å². The molecular formula is C26H20FN3O2S. The van der Waals surface area contributed by atoms with Crippen LogP contribution >= 0.6 is 11.8 Å². The minimum atomic E-state index is -1.20. The fourth-order valence-corrected chi connectivity index (χ4v) is 6.04. The predicted octanol–water partition coefficient (Wildman–Crippen LogP) is 4.59. The lowest BCUT2D eigenvalue weighted by Gasteiger charge is -2.33. The van der Waals surface area contributed by atoms with Crippen molar-refractivity contribution in [1.29, 1.82) is 5.26 Å². The molecule has 33 heavy (non-hydrogen) atoms. The van der Waals surface area contributed by atoms with Gasteiger partial charge in [-0.3, -0.25) is 9.59 Å². The van der Waals surface area contributed by atoms with E-state index in [2.05, 4.69) is 6.07 Å². The summed E-state index contributed by atoms with van der Waals surface area (Å²) < 4.78 is 13.8. The molecule has 0 aromatic heterocycles. The summed E-state index contributed by atoms with van der Waals surface area (Å²) in [6.07, 6.45) is 0. The van der Waals surface area contributed by atoms with Crippen LogP contribution in [0.5, 0.6) is 0 Å². The van der Waals surface area contributed by atoms with Crippen molar-refractivity contribution in [2.24, 2.45) is 0 Å². The Morgan fingerprint density at radius 2 is 1.97 bits per heavy atom. The Morgan fingerprint density at radius 1 is 1.15 bits per heavy atom. The zero-order chi connectivity index (χ0) is 23.2. The van der Waals surface area contributed by atoms with E-state index in [0.717, 1.165) is 22.4 Å². The van der Waals surface area contributed by atoms with E-state index in [0.29, 0.717) is 17.9 Å². The molecule has 0 radical (unpaired) electrons. The molecule has 3 aromatic carbocycles. The molecule has 0 unspecified atom stereocenters. The number of nitrogens with zero attached hydrogens (tertiary/aromatic N) is 3. The van der Waals surface area contributed by atoms with Crippen LogP contribution in [0.1, 0.15) is 32.6 Å². The molecule has 1 fully saturated rings. The number of anilines is 1. The average Bonchev–Trinajstić information content (AvgIpc) is 3.36. The second kappa shape index (κ2) is 8.05. The van der Waals surface area contributed by atoms with Gasteiger partial charge in [0.15, 0.2) is 4.87 Å². The van der Waals surface area contributed by atoms with Crippen LogP contribution in [-0.4, -0.2) is 29.0 Å². The summed E-state index contributed by atoms with van der Waals surface area (Å²) in [7, 11) is 0. The summed E-state index contributed by atoms with van der Waals surface area (Å²) in [5.41, 5.74) is 4.09. The number of fused-ring (bicyclic) bond motifs is 2. The van der Waals surface area contributed by atoms with Crippen molar-refractivity contribution in [2.45, 2.75) is 18.3 Å². The molecule has 2 heterocycles. The normalized spacial score (nSPS) is 19.1. The smallest absolute Gasteiger partial charge is 0.268 e. The highest BCUT2D eigenvalue weighted by Gasteiger charge is 2.59. The molecule has 2 amide bonds. The number of halogens is 1. The Balaban J connectivity index is 1.60. The van der Waals surface area contributed by atoms with Gasteiger partial charge in [-0.05, 0) is 48.9 Å². The van der Waals surface area contributed by atoms with E-state index >= 15 is 0 Å². The zero-order valence-electron chi connectivity index (χ0n) is 17.9. The number of hydrogen-bond donors (Lipinski definition) is 0. The first-order valence-electron chi connectivity index (χ1n) is 10.6. The largest absolute Gasteiger partial charge is 0.311 e. The Labute approximate surface area is 195 Å². The van der Waals surface area contributed by atoms with Gasteiger partial charge in [-0.1, -0.05) is 35.9 Å². The standard InChI is InChI=1S/C26H20FN3O2S/c1-17-8-9-23-22(12-17)26(25(32)29(23)16-19-5-2-4-18(13-19)15-28)30(10-11-33-26)24(31)20-6-3-7-21(27)14-20/h2-9,12-14H,10-11,16H2,1H3/t26-/m1/s1. The molecule has 0 aliphatic carbocycles. The van der Waals surface area contributed by atoms with E-state index in [4.69, 9.17) is 0 Å². The number of hydrogen-bond acceptors (Lipinski definition) is 4. The fourth-order valence-electron chi connectivity index (χ4n) is 4.59. The molecule has 0 bridgehead atoms. The Kier molecular flexibility index (Phi) is 5.18. The summed E-state index contributed by atoms with van der Waals surface area (Å²) in [5.74, 6) is -0.459.